The highest BCUT2D eigenvalue weighted by Gasteiger charge is 1.97. The Kier molecular flexibility index (Phi) is 25.2. The van der Waals surface area contributed by atoms with Crippen LogP contribution in [0.4, 0.5) is 4.79 Å². The zero-order valence-electron chi connectivity index (χ0n) is 11.3. The molecule has 0 fully saturated rings. The third-order valence-electron chi connectivity index (χ3n) is 1.17. The van der Waals surface area contributed by atoms with Crippen LogP contribution >= 0.6 is 9.90 Å². The maximum Gasteiger partial charge on any atom is 0.408 e. The predicted octanol–water partition coefficient (Wildman–Crippen LogP) is 0.0755. The van der Waals surface area contributed by atoms with E-state index in [-0.39, 0.29) is 21.9 Å². The fourth-order valence-electron chi connectivity index (χ4n) is 0.183. The summed E-state index contributed by atoms with van der Waals surface area (Å²) in [7, 11) is 9.06. The van der Waals surface area contributed by atoms with Crippen LogP contribution in [0.25, 0.3) is 0 Å². The first-order chi connectivity index (χ1) is 6.82. The quantitative estimate of drug-likeness (QED) is 0.623. The van der Waals surface area contributed by atoms with Crippen LogP contribution in [0.5, 0.6) is 0 Å². The molecule has 2 amide bonds. The molecular formula is C9H25N2O4P. The maximum absolute atomic E-state index is 10.2. The molecule has 0 saturated carbocycles. The van der Waals surface area contributed by atoms with Gasteiger partial charge in [-0.25, -0.2) is 4.79 Å². The van der Waals surface area contributed by atoms with Crippen molar-refractivity contribution in [3.63, 3.8) is 0 Å². The Morgan fingerprint density at radius 1 is 1.00 bits per heavy atom. The van der Waals surface area contributed by atoms with Crippen LogP contribution in [0.2, 0.25) is 0 Å². The SMILES string of the molecule is CC(=O)N(C)C.CO.COC(=O)N(C)C.P. The van der Waals surface area contributed by atoms with Crippen molar-refractivity contribution >= 4 is 21.9 Å². The van der Waals surface area contributed by atoms with E-state index >= 15 is 0 Å². The van der Waals surface area contributed by atoms with Crippen LogP contribution in [-0.4, -0.2) is 69.3 Å². The van der Waals surface area contributed by atoms with Gasteiger partial charge in [-0.1, -0.05) is 0 Å². The van der Waals surface area contributed by atoms with Crippen LogP contribution in [0.15, 0.2) is 0 Å². The highest BCUT2D eigenvalue weighted by Crippen LogP contribution is 1.78. The highest BCUT2D eigenvalue weighted by atomic mass is 31.0. The van der Waals surface area contributed by atoms with Crippen molar-refractivity contribution in [1.82, 2.24) is 9.80 Å². The summed E-state index contributed by atoms with van der Waals surface area (Å²) < 4.78 is 4.30. The minimum atomic E-state index is -0.319. The van der Waals surface area contributed by atoms with Gasteiger partial charge in [0.25, 0.3) is 0 Å². The van der Waals surface area contributed by atoms with Gasteiger partial charge in [0.05, 0.1) is 7.11 Å². The monoisotopic (exact) mass is 256 g/mol. The van der Waals surface area contributed by atoms with Crippen LogP contribution < -0.4 is 0 Å². The lowest BCUT2D eigenvalue weighted by molar-refractivity contribution is -0.126. The molecule has 0 bridgehead atoms. The molecule has 0 aromatic carbocycles. The predicted molar refractivity (Wildman–Crippen MR) is 69.7 cm³/mol. The minimum Gasteiger partial charge on any atom is -0.453 e. The van der Waals surface area contributed by atoms with Gasteiger partial charge in [-0.2, -0.15) is 9.90 Å². The van der Waals surface area contributed by atoms with E-state index in [0.29, 0.717) is 0 Å². The minimum absolute atomic E-state index is 0. The number of amides is 2. The normalized spacial score (nSPS) is 6.75. The molecule has 0 saturated heterocycles. The Hall–Kier alpha value is -0.870. The van der Waals surface area contributed by atoms with Gasteiger partial charge in [-0.3, -0.25) is 4.79 Å². The lowest BCUT2D eigenvalue weighted by Gasteiger charge is -2.05. The smallest absolute Gasteiger partial charge is 0.408 e. The van der Waals surface area contributed by atoms with Crippen LogP contribution in [0, 0.1) is 0 Å². The summed E-state index contributed by atoms with van der Waals surface area (Å²) in [4.78, 5) is 23.2. The molecule has 1 unspecified atom stereocenters. The van der Waals surface area contributed by atoms with Crippen LogP contribution in [0.1, 0.15) is 6.92 Å². The highest BCUT2D eigenvalue weighted by molar-refractivity contribution is 6.92. The van der Waals surface area contributed by atoms with Crippen molar-refractivity contribution in [1.29, 1.82) is 0 Å². The zero-order valence-corrected chi connectivity index (χ0v) is 12.7. The number of hydrogen-bond acceptors (Lipinski definition) is 4. The van der Waals surface area contributed by atoms with E-state index in [2.05, 4.69) is 4.74 Å². The summed E-state index contributed by atoms with van der Waals surface area (Å²) in [5, 5.41) is 7.00. The van der Waals surface area contributed by atoms with E-state index in [1.54, 1.807) is 28.2 Å². The molecule has 16 heavy (non-hydrogen) atoms. The largest absolute Gasteiger partial charge is 0.453 e. The average molecular weight is 256 g/mol. The second-order valence-corrected chi connectivity index (χ2v) is 2.78. The molecular weight excluding hydrogens is 231 g/mol. The molecule has 0 radical (unpaired) electrons. The maximum atomic E-state index is 10.2. The summed E-state index contributed by atoms with van der Waals surface area (Å²) in [5.41, 5.74) is 0. The Labute approximate surface area is 101 Å². The Bertz CT molecular complexity index is 175. The lowest BCUT2D eigenvalue weighted by atomic mass is 10.7. The molecule has 0 aliphatic carbocycles. The van der Waals surface area contributed by atoms with Gasteiger partial charge in [0, 0.05) is 42.2 Å². The van der Waals surface area contributed by atoms with Gasteiger partial charge in [0.1, 0.15) is 0 Å². The van der Waals surface area contributed by atoms with Crippen molar-refractivity contribution in [3.8, 4) is 0 Å². The number of aliphatic hydroxyl groups excluding tert-OH is 1. The molecule has 0 aliphatic rings. The molecule has 0 heterocycles. The first-order valence-electron chi connectivity index (χ1n) is 4.20. The van der Waals surface area contributed by atoms with Crippen molar-refractivity contribution in [3.05, 3.63) is 0 Å². The fourth-order valence-corrected chi connectivity index (χ4v) is 0.183. The molecule has 0 spiro atoms. The Morgan fingerprint density at radius 2 is 1.25 bits per heavy atom. The van der Waals surface area contributed by atoms with E-state index in [9.17, 15) is 9.59 Å². The molecule has 0 aromatic heterocycles. The fraction of sp³-hybridized carbons (Fsp3) is 0.778. The summed E-state index contributed by atoms with van der Waals surface area (Å²) in [6, 6.07) is 0. The Morgan fingerprint density at radius 3 is 1.25 bits per heavy atom. The molecule has 0 aromatic rings. The van der Waals surface area contributed by atoms with Crippen molar-refractivity contribution in [2.45, 2.75) is 6.92 Å². The van der Waals surface area contributed by atoms with Gasteiger partial charge in [-0.15, -0.1) is 0 Å². The van der Waals surface area contributed by atoms with E-state index in [4.69, 9.17) is 5.11 Å². The summed E-state index contributed by atoms with van der Waals surface area (Å²) in [5.74, 6) is 0.0926. The van der Waals surface area contributed by atoms with Crippen molar-refractivity contribution < 1.29 is 19.4 Å². The molecule has 100 valence electrons. The lowest BCUT2D eigenvalue weighted by Crippen LogP contribution is -2.20. The third kappa shape index (κ3) is 23.2. The third-order valence-corrected chi connectivity index (χ3v) is 1.17. The topological polar surface area (TPSA) is 70.1 Å². The van der Waals surface area contributed by atoms with Gasteiger partial charge >= 0.3 is 6.09 Å². The number of methoxy groups -OCH3 is 1. The standard InChI is InChI=1S/C4H9NO2.C4H9NO.CH4O.H3P/c1-5(2)4(6)7-3;1-4(6)5(2)3;1-2;/h1-3H3;1-3H3;2H,1H3;1H3. The number of aliphatic hydroxyl groups is 1. The molecule has 1 atom stereocenters. The number of carbonyl (C=O) groups is 2. The van der Waals surface area contributed by atoms with Gasteiger partial charge in [0.2, 0.25) is 5.91 Å². The van der Waals surface area contributed by atoms with E-state index in [0.717, 1.165) is 7.11 Å². The molecule has 0 rings (SSSR count). The summed E-state index contributed by atoms with van der Waals surface area (Å²) >= 11 is 0. The van der Waals surface area contributed by atoms with E-state index in [1.165, 1.54) is 23.8 Å². The number of ether oxygens (including phenoxy) is 1. The second-order valence-electron chi connectivity index (χ2n) is 2.78. The van der Waals surface area contributed by atoms with Crippen molar-refractivity contribution in [2.24, 2.45) is 0 Å². The van der Waals surface area contributed by atoms with E-state index < -0.39 is 0 Å². The summed E-state index contributed by atoms with van der Waals surface area (Å²) in [6.07, 6.45) is -0.319. The van der Waals surface area contributed by atoms with Gasteiger partial charge < -0.3 is 19.6 Å². The van der Waals surface area contributed by atoms with Gasteiger partial charge in [0.15, 0.2) is 0 Å². The molecule has 1 N–H and O–H groups in total. The van der Waals surface area contributed by atoms with Crippen molar-refractivity contribution in [2.75, 3.05) is 42.4 Å². The number of carbonyl (C=O) groups excluding carboxylic acids is 2. The number of nitrogens with zero attached hydrogens (tertiary/aromatic N) is 2. The average Bonchev–Trinajstić information content (AvgIpc) is 2.20. The zero-order chi connectivity index (χ0) is 13.0. The first-order valence-corrected chi connectivity index (χ1v) is 4.20. The van der Waals surface area contributed by atoms with Crippen LogP contribution in [0.3, 0.4) is 0 Å². The molecule has 6 nitrogen and oxygen atoms in total. The summed E-state index contributed by atoms with van der Waals surface area (Å²) in [6.45, 7) is 1.53. The Balaban J connectivity index is -0.0000000743. The van der Waals surface area contributed by atoms with E-state index in [1.807, 2.05) is 0 Å². The second kappa shape index (κ2) is 16.6. The molecule has 0 aliphatic heterocycles. The number of rotatable bonds is 0. The first kappa shape index (κ1) is 24.4. The molecule has 7 heteroatoms. The number of hydrogen-bond donors (Lipinski definition) is 1. The van der Waals surface area contributed by atoms with Crippen LogP contribution in [-0.2, 0) is 9.53 Å². The van der Waals surface area contributed by atoms with Gasteiger partial charge in [-0.05, 0) is 0 Å².